The van der Waals surface area contributed by atoms with Crippen LogP contribution in [0.25, 0.3) is 0 Å². The van der Waals surface area contributed by atoms with E-state index in [4.69, 9.17) is 9.15 Å². The lowest BCUT2D eigenvalue weighted by atomic mass is 10.2. The van der Waals surface area contributed by atoms with E-state index < -0.39 is 0 Å². The second-order valence-electron chi connectivity index (χ2n) is 4.52. The molecule has 1 rings (SSSR count). The maximum Gasteiger partial charge on any atom is 0.211 e. The van der Waals surface area contributed by atoms with Gasteiger partial charge < -0.3 is 9.15 Å². The summed E-state index contributed by atoms with van der Waals surface area (Å²) in [5, 5.41) is 0. The highest BCUT2D eigenvalue weighted by Gasteiger charge is 2.15. The number of Topliss-reactive ketones (excluding diaryl/α,β-unsaturated/α-hetero) is 1. The second kappa shape index (κ2) is 7.25. The van der Waals surface area contributed by atoms with Crippen molar-refractivity contribution < 1.29 is 13.9 Å². The number of methoxy groups -OCH3 is 1. The van der Waals surface area contributed by atoms with Crippen molar-refractivity contribution in [3.8, 4) is 0 Å². The molecule has 0 N–H and O–H groups in total. The van der Waals surface area contributed by atoms with Crippen LogP contribution < -0.4 is 0 Å². The van der Waals surface area contributed by atoms with Gasteiger partial charge in [-0.05, 0) is 18.1 Å². The van der Waals surface area contributed by atoms with Crippen molar-refractivity contribution in [2.45, 2.75) is 13.8 Å². The topological polar surface area (TPSA) is 42.7 Å². The van der Waals surface area contributed by atoms with Crippen molar-refractivity contribution in [1.82, 2.24) is 4.90 Å². The van der Waals surface area contributed by atoms with Gasteiger partial charge in [-0.2, -0.15) is 0 Å². The molecule has 0 fully saturated rings. The summed E-state index contributed by atoms with van der Waals surface area (Å²) in [4.78, 5) is 14.0. The number of hydrogen-bond acceptors (Lipinski definition) is 4. The molecular weight excluding hydrogens is 218 g/mol. The van der Waals surface area contributed by atoms with Crippen molar-refractivity contribution in [3.05, 3.63) is 24.2 Å². The van der Waals surface area contributed by atoms with E-state index in [9.17, 15) is 4.79 Å². The fourth-order valence-electron chi connectivity index (χ4n) is 1.69. The lowest BCUT2D eigenvalue weighted by Gasteiger charge is -2.22. The summed E-state index contributed by atoms with van der Waals surface area (Å²) in [5.41, 5.74) is 0. The van der Waals surface area contributed by atoms with Crippen molar-refractivity contribution in [2.24, 2.45) is 5.92 Å². The Kier molecular flexibility index (Phi) is 5.94. The molecule has 0 aliphatic rings. The van der Waals surface area contributed by atoms with Gasteiger partial charge >= 0.3 is 0 Å². The van der Waals surface area contributed by atoms with Crippen molar-refractivity contribution in [1.29, 1.82) is 0 Å². The van der Waals surface area contributed by atoms with Crippen LogP contribution in [0.3, 0.4) is 0 Å². The largest absolute Gasteiger partial charge is 0.461 e. The van der Waals surface area contributed by atoms with Crippen LogP contribution in [0.2, 0.25) is 0 Å². The number of carbonyl (C=O) groups excluding carboxylic acids is 1. The van der Waals surface area contributed by atoms with Gasteiger partial charge in [-0.25, -0.2) is 0 Å². The van der Waals surface area contributed by atoms with Gasteiger partial charge in [0, 0.05) is 20.2 Å². The van der Waals surface area contributed by atoms with E-state index in [1.807, 2.05) is 0 Å². The zero-order chi connectivity index (χ0) is 12.7. The van der Waals surface area contributed by atoms with E-state index in [0.717, 1.165) is 13.1 Å². The number of hydrogen-bond donors (Lipinski definition) is 0. The molecule has 1 aromatic heterocycles. The fraction of sp³-hybridized carbons (Fsp3) is 0.615. The molecular formula is C13H21NO3. The molecule has 0 saturated heterocycles. The third-order valence-electron chi connectivity index (χ3n) is 2.40. The minimum atomic E-state index is 0.0201. The first-order chi connectivity index (χ1) is 8.13. The lowest BCUT2D eigenvalue weighted by molar-refractivity contribution is 0.0855. The van der Waals surface area contributed by atoms with Crippen LogP contribution in [0.5, 0.6) is 0 Å². The number of ether oxygens (including phenoxy) is 1. The number of furan rings is 1. The van der Waals surface area contributed by atoms with Gasteiger partial charge in [-0.1, -0.05) is 13.8 Å². The van der Waals surface area contributed by atoms with Crippen LogP contribution in [0, 0.1) is 5.92 Å². The summed E-state index contributed by atoms with van der Waals surface area (Å²) < 4.78 is 10.1. The minimum absolute atomic E-state index is 0.0201. The highest BCUT2D eigenvalue weighted by atomic mass is 16.5. The average molecular weight is 239 g/mol. The number of rotatable bonds is 8. The van der Waals surface area contributed by atoms with Crippen LogP contribution in [-0.4, -0.2) is 44.0 Å². The zero-order valence-electron chi connectivity index (χ0n) is 10.8. The summed E-state index contributed by atoms with van der Waals surface area (Å²) in [6.07, 6.45) is 1.52. The fourth-order valence-corrected chi connectivity index (χ4v) is 1.69. The molecule has 0 atom stereocenters. The molecule has 4 nitrogen and oxygen atoms in total. The molecule has 0 aliphatic carbocycles. The number of ketones is 1. The molecule has 17 heavy (non-hydrogen) atoms. The molecule has 0 radical (unpaired) electrons. The van der Waals surface area contributed by atoms with Crippen LogP contribution in [0.4, 0.5) is 0 Å². The van der Waals surface area contributed by atoms with Gasteiger partial charge in [0.25, 0.3) is 0 Å². The van der Waals surface area contributed by atoms with Crippen LogP contribution in [0.1, 0.15) is 24.4 Å². The molecule has 0 aromatic carbocycles. The maximum atomic E-state index is 11.9. The summed E-state index contributed by atoms with van der Waals surface area (Å²) in [5.74, 6) is 0.971. The molecule has 4 heteroatoms. The first kappa shape index (κ1) is 13.9. The van der Waals surface area contributed by atoms with E-state index in [2.05, 4.69) is 18.7 Å². The zero-order valence-corrected chi connectivity index (χ0v) is 10.8. The first-order valence-electron chi connectivity index (χ1n) is 5.91. The van der Waals surface area contributed by atoms with Crippen molar-refractivity contribution in [2.75, 3.05) is 33.4 Å². The minimum Gasteiger partial charge on any atom is -0.461 e. The van der Waals surface area contributed by atoms with E-state index in [1.54, 1.807) is 19.2 Å². The third kappa shape index (κ3) is 5.15. The monoisotopic (exact) mass is 239 g/mol. The molecule has 0 amide bonds. The summed E-state index contributed by atoms with van der Waals surface area (Å²) in [6, 6.07) is 3.43. The van der Waals surface area contributed by atoms with Gasteiger partial charge in [-0.15, -0.1) is 0 Å². The number of carbonyl (C=O) groups is 1. The Morgan fingerprint density at radius 1 is 1.53 bits per heavy atom. The van der Waals surface area contributed by atoms with Gasteiger partial charge in [0.05, 0.1) is 19.4 Å². The van der Waals surface area contributed by atoms with E-state index in [-0.39, 0.29) is 5.78 Å². The van der Waals surface area contributed by atoms with Crippen molar-refractivity contribution in [3.63, 3.8) is 0 Å². The summed E-state index contributed by atoms with van der Waals surface area (Å²) >= 11 is 0. The lowest BCUT2D eigenvalue weighted by Crippen LogP contribution is -2.35. The van der Waals surface area contributed by atoms with Gasteiger partial charge in [0.15, 0.2) is 5.76 Å². The quantitative estimate of drug-likeness (QED) is 0.651. The summed E-state index contributed by atoms with van der Waals surface area (Å²) in [6.45, 7) is 6.94. The highest BCUT2D eigenvalue weighted by Crippen LogP contribution is 2.05. The second-order valence-corrected chi connectivity index (χ2v) is 4.52. The molecule has 1 heterocycles. The van der Waals surface area contributed by atoms with Crippen LogP contribution in [-0.2, 0) is 4.74 Å². The predicted molar refractivity (Wildman–Crippen MR) is 66.2 cm³/mol. The van der Waals surface area contributed by atoms with Gasteiger partial charge in [0.1, 0.15) is 0 Å². The number of nitrogens with zero attached hydrogens (tertiary/aromatic N) is 1. The van der Waals surface area contributed by atoms with Crippen molar-refractivity contribution >= 4 is 5.78 Å². The molecule has 1 aromatic rings. The van der Waals surface area contributed by atoms with Crippen LogP contribution >= 0.6 is 0 Å². The molecule has 0 saturated carbocycles. The highest BCUT2D eigenvalue weighted by molar-refractivity contribution is 5.94. The molecule has 0 spiro atoms. The Morgan fingerprint density at radius 3 is 2.82 bits per heavy atom. The molecule has 0 bridgehead atoms. The summed E-state index contributed by atoms with van der Waals surface area (Å²) in [7, 11) is 1.67. The first-order valence-corrected chi connectivity index (χ1v) is 5.91. The SMILES string of the molecule is COCCN(CC(=O)c1ccco1)CC(C)C. The Hall–Kier alpha value is -1.13. The smallest absolute Gasteiger partial charge is 0.211 e. The third-order valence-corrected chi connectivity index (χ3v) is 2.40. The van der Waals surface area contributed by atoms with Crippen LogP contribution in [0.15, 0.2) is 22.8 Å². The Balaban J connectivity index is 2.49. The van der Waals surface area contributed by atoms with E-state index in [0.29, 0.717) is 24.8 Å². The average Bonchev–Trinajstić information content (AvgIpc) is 2.78. The Labute approximate surface area is 103 Å². The molecule has 0 aliphatic heterocycles. The van der Waals surface area contributed by atoms with E-state index >= 15 is 0 Å². The standard InChI is InChI=1S/C13H21NO3/c1-11(2)9-14(6-8-16-3)10-12(15)13-5-4-7-17-13/h4-5,7,11H,6,8-10H2,1-3H3. The maximum absolute atomic E-state index is 11.9. The Morgan fingerprint density at radius 2 is 2.29 bits per heavy atom. The molecule has 0 unspecified atom stereocenters. The molecule has 96 valence electrons. The van der Waals surface area contributed by atoms with Gasteiger partial charge in [0.2, 0.25) is 5.78 Å². The van der Waals surface area contributed by atoms with E-state index in [1.165, 1.54) is 6.26 Å². The Bertz CT molecular complexity index is 319. The normalized spacial score (nSPS) is 11.4. The predicted octanol–water partition coefficient (Wildman–Crippen LogP) is 2.07. The van der Waals surface area contributed by atoms with Gasteiger partial charge in [-0.3, -0.25) is 9.69 Å².